The third-order valence-electron chi connectivity index (χ3n) is 6.63. The lowest BCUT2D eigenvalue weighted by Gasteiger charge is -2.31. The molecule has 2 aliphatic heterocycles. The molecule has 2 aromatic carbocycles. The van der Waals surface area contributed by atoms with E-state index in [4.69, 9.17) is 18.7 Å². The second-order valence-corrected chi connectivity index (χ2v) is 8.91. The molecule has 0 aliphatic carbocycles. The van der Waals surface area contributed by atoms with Gasteiger partial charge >= 0.3 is 0 Å². The van der Waals surface area contributed by atoms with Gasteiger partial charge in [-0.1, -0.05) is 11.2 Å². The third kappa shape index (κ3) is 4.87. The van der Waals surface area contributed by atoms with E-state index in [-0.39, 0.29) is 17.6 Å². The fourth-order valence-electron chi connectivity index (χ4n) is 4.54. The van der Waals surface area contributed by atoms with Crippen molar-refractivity contribution in [3.8, 4) is 17.2 Å². The van der Waals surface area contributed by atoms with Crippen molar-refractivity contribution in [3.05, 3.63) is 70.6 Å². The van der Waals surface area contributed by atoms with Crippen LogP contribution in [0.15, 0.2) is 47.0 Å². The van der Waals surface area contributed by atoms with Crippen molar-refractivity contribution in [2.24, 2.45) is 5.92 Å². The number of benzene rings is 2. The Balaban J connectivity index is 1.18. The van der Waals surface area contributed by atoms with Crippen molar-refractivity contribution in [2.45, 2.75) is 33.3 Å². The van der Waals surface area contributed by atoms with Crippen molar-refractivity contribution < 1.29 is 28.3 Å². The molecule has 3 heterocycles. The van der Waals surface area contributed by atoms with Gasteiger partial charge in [0, 0.05) is 30.1 Å². The van der Waals surface area contributed by atoms with Crippen LogP contribution in [0.2, 0.25) is 0 Å². The van der Waals surface area contributed by atoms with E-state index in [0.29, 0.717) is 74.1 Å². The van der Waals surface area contributed by atoms with Gasteiger partial charge in [0.2, 0.25) is 0 Å². The van der Waals surface area contributed by atoms with Crippen LogP contribution in [0, 0.1) is 19.8 Å². The number of fused-ring (bicyclic) bond motifs is 1. The van der Waals surface area contributed by atoms with Gasteiger partial charge in [-0.25, -0.2) is 0 Å². The van der Waals surface area contributed by atoms with E-state index >= 15 is 0 Å². The zero-order valence-corrected chi connectivity index (χ0v) is 19.9. The molecule has 5 rings (SSSR count). The van der Waals surface area contributed by atoms with Gasteiger partial charge < -0.3 is 23.6 Å². The summed E-state index contributed by atoms with van der Waals surface area (Å²) in [6, 6.07) is 12.5. The molecule has 2 aliphatic rings. The second kappa shape index (κ2) is 9.82. The fraction of sp³-hybridized carbons (Fsp3) is 0.370. The Kier molecular flexibility index (Phi) is 6.44. The van der Waals surface area contributed by atoms with E-state index in [1.54, 1.807) is 35.2 Å². The summed E-state index contributed by atoms with van der Waals surface area (Å²) in [6.45, 7) is 6.11. The zero-order chi connectivity index (χ0) is 24.4. The van der Waals surface area contributed by atoms with Crippen LogP contribution in [-0.2, 0) is 6.61 Å². The first kappa shape index (κ1) is 23.0. The van der Waals surface area contributed by atoms with E-state index in [2.05, 4.69) is 5.16 Å². The summed E-state index contributed by atoms with van der Waals surface area (Å²) < 4.78 is 22.2. The molecule has 0 atom stereocenters. The Hall–Kier alpha value is -3.81. The van der Waals surface area contributed by atoms with Crippen LogP contribution in [0.3, 0.4) is 0 Å². The molecule has 8 heteroatoms. The summed E-state index contributed by atoms with van der Waals surface area (Å²) in [6.07, 6.45) is 1.25. The number of aryl methyl sites for hydroxylation is 2. The number of hydrogen-bond donors (Lipinski definition) is 0. The number of carbonyl (C=O) groups is 2. The Labute approximate surface area is 203 Å². The number of Topliss-reactive ketones (excluding diaryl/α,β-unsaturated/α-hetero) is 1. The first-order valence-electron chi connectivity index (χ1n) is 11.9. The first-order chi connectivity index (χ1) is 17.0. The minimum absolute atomic E-state index is 0.0574. The lowest BCUT2D eigenvalue weighted by Crippen LogP contribution is -2.40. The number of nitrogens with zero attached hydrogens (tertiary/aromatic N) is 2. The van der Waals surface area contributed by atoms with Crippen LogP contribution in [0.25, 0.3) is 0 Å². The molecule has 0 radical (unpaired) electrons. The summed E-state index contributed by atoms with van der Waals surface area (Å²) in [5.41, 5.74) is 2.90. The quantitative estimate of drug-likeness (QED) is 0.488. The molecular formula is C27H28N2O6. The highest BCUT2D eigenvalue weighted by molar-refractivity contribution is 5.99. The molecule has 8 nitrogen and oxygen atoms in total. The number of aromatic nitrogens is 1. The van der Waals surface area contributed by atoms with Gasteiger partial charge in [-0.05, 0) is 63.1 Å². The predicted molar refractivity (Wildman–Crippen MR) is 127 cm³/mol. The largest absolute Gasteiger partial charge is 0.489 e. The van der Waals surface area contributed by atoms with Gasteiger partial charge in [-0.2, -0.15) is 0 Å². The molecule has 3 aromatic rings. The SMILES string of the molecule is Cc1noc(C)c1COc1cccc(C(=O)N2CCC(C(=O)c3ccc4c(c3)OCCO4)CC2)c1. The lowest BCUT2D eigenvalue weighted by atomic mass is 9.88. The number of likely N-dealkylation sites (tertiary alicyclic amines) is 1. The Bertz CT molecular complexity index is 1220. The van der Waals surface area contributed by atoms with Gasteiger partial charge in [0.15, 0.2) is 17.3 Å². The minimum Gasteiger partial charge on any atom is -0.489 e. The maximum absolute atomic E-state index is 13.1. The van der Waals surface area contributed by atoms with Gasteiger partial charge in [0.25, 0.3) is 5.91 Å². The normalized spacial score (nSPS) is 15.7. The van der Waals surface area contributed by atoms with E-state index in [9.17, 15) is 9.59 Å². The molecule has 1 aromatic heterocycles. The van der Waals surface area contributed by atoms with Crippen LogP contribution in [-0.4, -0.2) is 48.1 Å². The van der Waals surface area contributed by atoms with Crippen LogP contribution in [0.4, 0.5) is 0 Å². The number of ether oxygens (including phenoxy) is 3. The zero-order valence-electron chi connectivity index (χ0n) is 19.9. The van der Waals surface area contributed by atoms with Crippen molar-refractivity contribution in [2.75, 3.05) is 26.3 Å². The van der Waals surface area contributed by atoms with E-state index in [1.807, 2.05) is 26.0 Å². The van der Waals surface area contributed by atoms with Crippen LogP contribution in [0.5, 0.6) is 17.2 Å². The van der Waals surface area contributed by atoms with Crippen molar-refractivity contribution in [3.63, 3.8) is 0 Å². The lowest BCUT2D eigenvalue weighted by molar-refractivity contribution is 0.0650. The fourth-order valence-corrected chi connectivity index (χ4v) is 4.54. The number of piperidine rings is 1. The maximum Gasteiger partial charge on any atom is 0.253 e. The molecule has 1 fully saturated rings. The number of carbonyl (C=O) groups excluding carboxylic acids is 2. The van der Waals surface area contributed by atoms with Crippen LogP contribution < -0.4 is 14.2 Å². The highest BCUT2D eigenvalue weighted by Crippen LogP contribution is 2.33. The molecule has 1 amide bonds. The molecule has 0 spiro atoms. The monoisotopic (exact) mass is 476 g/mol. The Morgan fingerprint density at radius 1 is 1.00 bits per heavy atom. The smallest absolute Gasteiger partial charge is 0.253 e. The van der Waals surface area contributed by atoms with Crippen molar-refractivity contribution in [1.29, 1.82) is 0 Å². The number of amides is 1. The molecule has 1 saturated heterocycles. The minimum atomic E-state index is -0.119. The molecule has 35 heavy (non-hydrogen) atoms. The molecule has 0 saturated carbocycles. The standard InChI is InChI=1S/C27H28N2O6/c1-17-23(18(2)35-28-17)16-34-22-5-3-4-21(14-22)27(31)29-10-8-19(9-11-29)26(30)20-6-7-24-25(15-20)33-13-12-32-24/h3-7,14-15,19H,8-13,16H2,1-2H3. The number of rotatable bonds is 6. The molecule has 0 unspecified atom stereocenters. The van der Waals surface area contributed by atoms with Crippen molar-refractivity contribution >= 4 is 11.7 Å². The molecule has 0 bridgehead atoms. The first-order valence-corrected chi connectivity index (χ1v) is 11.9. The van der Waals surface area contributed by atoms with Crippen LogP contribution in [0.1, 0.15) is 50.6 Å². The summed E-state index contributed by atoms with van der Waals surface area (Å²) in [5, 5.41) is 3.94. The van der Waals surface area contributed by atoms with E-state index in [0.717, 1.165) is 17.0 Å². The maximum atomic E-state index is 13.1. The summed E-state index contributed by atoms with van der Waals surface area (Å²) in [5.74, 6) is 2.54. The second-order valence-electron chi connectivity index (χ2n) is 8.91. The third-order valence-corrected chi connectivity index (χ3v) is 6.63. The Morgan fingerprint density at radius 2 is 1.77 bits per heavy atom. The summed E-state index contributed by atoms with van der Waals surface area (Å²) in [4.78, 5) is 28.0. The topological polar surface area (TPSA) is 91.1 Å². The van der Waals surface area contributed by atoms with Gasteiger partial charge in [0.05, 0.1) is 11.3 Å². The number of ketones is 1. The average molecular weight is 477 g/mol. The number of hydrogen-bond acceptors (Lipinski definition) is 7. The van der Waals surface area contributed by atoms with Gasteiger partial charge in [-0.3, -0.25) is 9.59 Å². The van der Waals surface area contributed by atoms with Gasteiger partial charge in [0.1, 0.15) is 31.3 Å². The Morgan fingerprint density at radius 3 is 2.51 bits per heavy atom. The molecular weight excluding hydrogens is 448 g/mol. The van der Waals surface area contributed by atoms with E-state index in [1.165, 1.54) is 0 Å². The summed E-state index contributed by atoms with van der Waals surface area (Å²) >= 11 is 0. The summed E-state index contributed by atoms with van der Waals surface area (Å²) in [7, 11) is 0. The highest BCUT2D eigenvalue weighted by atomic mass is 16.6. The molecule has 182 valence electrons. The van der Waals surface area contributed by atoms with Crippen molar-refractivity contribution in [1.82, 2.24) is 10.1 Å². The van der Waals surface area contributed by atoms with Gasteiger partial charge in [-0.15, -0.1) is 0 Å². The molecule has 0 N–H and O–H groups in total. The van der Waals surface area contributed by atoms with Crippen LogP contribution >= 0.6 is 0 Å². The average Bonchev–Trinajstić information content (AvgIpc) is 3.23. The predicted octanol–water partition coefficient (Wildman–Crippen LogP) is 4.38. The highest BCUT2D eigenvalue weighted by Gasteiger charge is 2.29. The van der Waals surface area contributed by atoms with E-state index < -0.39 is 0 Å².